The Hall–Kier alpha value is -3.85. The van der Waals surface area contributed by atoms with Gasteiger partial charge in [-0.25, -0.2) is 9.50 Å². The van der Waals surface area contributed by atoms with Crippen molar-refractivity contribution < 1.29 is 19.1 Å². The highest BCUT2D eigenvalue weighted by Gasteiger charge is 2.18. The Morgan fingerprint density at radius 1 is 1.17 bits per heavy atom. The molecule has 8 nitrogen and oxygen atoms in total. The first-order valence-electron chi connectivity index (χ1n) is 8.97. The van der Waals surface area contributed by atoms with Crippen LogP contribution in [0.1, 0.15) is 22.2 Å². The van der Waals surface area contributed by atoms with Gasteiger partial charge in [0.25, 0.3) is 5.91 Å². The number of nitrogens with one attached hydrogen (secondary N) is 1. The van der Waals surface area contributed by atoms with Crippen molar-refractivity contribution >= 4 is 40.3 Å². The van der Waals surface area contributed by atoms with E-state index in [1.165, 1.54) is 24.5 Å². The second kappa shape index (κ2) is 8.26. The lowest BCUT2D eigenvalue weighted by molar-refractivity contribution is -0.144. The number of rotatable bonds is 6. The molecule has 30 heavy (non-hydrogen) atoms. The zero-order valence-electron chi connectivity index (χ0n) is 15.9. The van der Waals surface area contributed by atoms with Gasteiger partial charge < -0.3 is 10.1 Å². The van der Waals surface area contributed by atoms with Gasteiger partial charge in [-0.05, 0) is 29.6 Å². The molecule has 4 rings (SSSR count). The molecule has 3 heterocycles. The lowest BCUT2D eigenvalue weighted by Gasteiger charge is -2.09. The fourth-order valence-corrected chi connectivity index (χ4v) is 3.61. The number of carbonyl (C=O) groups excluding carboxylic acids is 3. The van der Waals surface area contributed by atoms with Crippen LogP contribution in [0.2, 0.25) is 0 Å². The van der Waals surface area contributed by atoms with Crippen molar-refractivity contribution in [1.82, 2.24) is 14.6 Å². The summed E-state index contributed by atoms with van der Waals surface area (Å²) in [5.41, 5.74) is 2.89. The first kappa shape index (κ1) is 19.5. The van der Waals surface area contributed by atoms with E-state index in [1.54, 1.807) is 41.0 Å². The average molecular weight is 420 g/mol. The van der Waals surface area contributed by atoms with Gasteiger partial charge in [0, 0.05) is 24.4 Å². The molecule has 0 fully saturated rings. The largest absolute Gasteiger partial charge is 0.456 e. The van der Waals surface area contributed by atoms with Crippen molar-refractivity contribution in [2.24, 2.45) is 0 Å². The Bertz CT molecular complexity index is 1250. The predicted octanol–water partition coefficient (Wildman–Crippen LogP) is 3.19. The number of esters is 1. The van der Waals surface area contributed by atoms with Crippen LogP contribution in [-0.2, 0) is 14.3 Å². The number of anilines is 1. The topological polar surface area (TPSA) is 103 Å². The summed E-state index contributed by atoms with van der Waals surface area (Å²) < 4.78 is 6.30. The minimum atomic E-state index is -0.523. The molecule has 0 aliphatic rings. The predicted molar refractivity (Wildman–Crippen MR) is 111 cm³/mol. The SMILES string of the molecule is CC(=O)OCC(=O)Nc1cccc(-c2ccnc3c(C(=O)c4cccs4)cnn23)c1. The van der Waals surface area contributed by atoms with E-state index in [-0.39, 0.29) is 12.4 Å². The van der Waals surface area contributed by atoms with Crippen molar-refractivity contribution in [1.29, 1.82) is 0 Å². The van der Waals surface area contributed by atoms with Gasteiger partial charge in [-0.3, -0.25) is 14.4 Å². The molecule has 0 radical (unpaired) electrons. The van der Waals surface area contributed by atoms with Gasteiger partial charge in [-0.1, -0.05) is 18.2 Å². The number of carbonyl (C=O) groups is 3. The fraction of sp³-hybridized carbons (Fsp3) is 0.0952. The van der Waals surface area contributed by atoms with E-state index in [4.69, 9.17) is 4.74 Å². The molecular weight excluding hydrogens is 404 g/mol. The number of hydrogen-bond acceptors (Lipinski definition) is 7. The fourth-order valence-electron chi connectivity index (χ4n) is 2.93. The van der Waals surface area contributed by atoms with Gasteiger partial charge in [0.2, 0.25) is 5.78 Å². The number of nitrogens with zero attached hydrogens (tertiary/aromatic N) is 3. The van der Waals surface area contributed by atoms with Crippen molar-refractivity contribution in [3.63, 3.8) is 0 Å². The molecule has 0 spiro atoms. The van der Waals surface area contributed by atoms with Gasteiger partial charge in [-0.2, -0.15) is 5.10 Å². The number of fused-ring (bicyclic) bond motifs is 1. The molecule has 0 aliphatic carbocycles. The molecule has 1 aromatic carbocycles. The summed E-state index contributed by atoms with van der Waals surface area (Å²) in [6.07, 6.45) is 3.13. The first-order chi connectivity index (χ1) is 14.5. The van der Waals surface area contributed by atoms with Crippen LogP contribution in [0.4, 0.5) is 5.69 Å². The van der Waals surface area contributed by atoms with Crippen LogP contribution in [0.5, 0.6) is 0 Å². The minimum Gasteiger partial charge on any atom is -0.456 e. The maximum Gasteiger partial charge on any atom is 0.303 e. The highest BCUT2D eigenvalue weighted by atomic mass is 32.1. The van der Waals surface area contributed by atoms with Crippen LogP contribution >= 0.6 is 11.3 Å². The Balaban J connectivity index is 1.65. The number of ether oxygens (including phenoxy) is 1. The van der Waals surface area contributed by atoms with E-state index in [0.717, 1.165) is 5.56 Å². The highest BCUT2D eigenvalue weighted by Crippen LogP contribution is 2.25. The van der Waals surface area contributed by atoms with Crippen molar-refractivity contribution in [3.05, 3.63) is 70.7 Å². The molecule has 0 aliphatic heterocycles. The Labute approximate surface area is 175 Å². The third-order valence-electron chi connectivity index (χ3n) is 4.24. The van der Waals surface area contributed by atoms with Crippen molar-refractivity contribution in [2.45, 2.75) is 6.92 Å². The molecule has 0 unspecified atom stereocenters. The summed E-state index contributed by atoms with van der Waals surface area (Å²) >= 11 is 1.37. The molecule has 0 bridgehead atoms. The van der Waals surface area contributed by atoms with E-state index >= 15 is 0 Å². The second-order valence-electron chi connectivity index (χ2n) is 6.34. The number of amides is 1. The van der Waals surface area contributed by atoms with Gasteiger partial charge >= 0.3 is 5.97 Å². The Kier molecular flexibility index (Phi) is 5.36. The monoisotopic (exact) mass is 420 g/mol. The smallest absolute Gasteiger partial charge is 0.303 e. The Morgan fingerprint density at radius 3 is 2.80 bits per heavy atom. The minimum absolute atomic E-state index is 0.129. The molecule has 1 amide bonds. The normalized spacial score (nSPS) is 10.7. The van der Waals surface area contributed by atoms with Crippen LogP contribution < -0.4 is 5.32 Å². The molecular formula is C21H16N4O4S. The number of ketones is 1. The lowest BCUT2D eigenvalue weighted by atomic mass is 10.1. The number of aromatic nitrogens is 3. The van der Waals surface area contributed by atoms with Crippen LogP contribution in [0.25, 0.3) is 16.9 Å². The molecule has 0 saturated heterocycles. The van der Waals surface area contributed by atoms with Crippen LogP contribution in [0.3, 0.4) is 0 Å². The van der Waals surface area contributed by atoms with Gasteiger partial charge in [0.15, 0.2) is 12.3 Å². The molecule has 3 aromatic heterocycles. The quantitative estimate of drug-likeness (QED) is 0.380. The van der Waals surface area contributed by atoms with Gasteiger partial charge in [-0.15, -0.1) is 11.3 Å². The third-order valence-corrected chi connectivity index (χ3v) is 5.11. The molecule has 0 atom stereocenters. The maximum atomic E-state index is 12.7. The summed E-state index contributed by atoms with van der Waals surface area (Å²) in [5, 5.41) is 8.89. The number of thiophene rings is 1. The van der Waals surface area contributed by atoms with Crippen LogP contribution in [-0.4, -0.2) is 38.9 Å². The van der Waals surface area contributed by atoms with E-state index in [9.17, 15) is 14.4 Å². The van der Waals surface area contributed by atoms with E-state index in [0.29, 0.717) is 27.5 Å². The van der Waals surface area contributed by atoms with Crippen LogP contribution in [0, 0.1) is 0 Å². The summed E-state index contributed by atoms with van der Waals surface area (Å²) in [6.45, 7) is 0.885. The summed E-state index contributed by atoms with van der Waals surface area (Å²) in [4.78, 5) is 40.5. The number of hydrogen-bond donors (Lipinski definition) is 1. The first-order valence-corrected chi connectivity index (χ1v) is 9.85. The van der Waals surface area contributed by atoms with Crippen molar-refractivity contribution in [2.75, 3.05) is 11.9 Å². The molecule has 150 valence electrons. The summed E-state index contributed by atoms with van der Waals surface area (Å²) in [5.74, 6) is -1.09. The average Bonchev–Trinajstić information content (AvgIpc) is 3.42. The van der Waals surface area contributed by atoms with E-state index < -0.39 is 11.9 Å². The Morgan fingerprint density at radius 2 is 2.03 bits per heavy atom. The molecule has 1 N–H and O–H groups in total. The third kappa shape index (κ3) is 3.96. The zero-order valence-corrected chi connectivity index (χ0v) is 16.7. The summed E-state index contributed by atoms with van der Waals surface area (Å²) in [6, 6.07) is 12.5. The maximum absolute atomic E-state index is 12.7. The molecule has 0 saturated carbocycles. The standard InChI is InChI=1S/C21H16N4O4S/c1-13(26)29-12-19(27)24-15-5-2-4-14(10-15)17-7-8-22-21-16(11-23-25(17)21)20(28)18-6-3-9-30-18/h2-11H,12H2,1H3,(H,24,27). The summed E-state index contributed by atoms with van der Waals surface area (Å²) in [7, 11) is 0. The van der Waals surface area contributed by atoms with Gasteiger partial charge in [0.1, 0.15) is 0 Å². The molecule has 9 heteroatoms. The second-order valence-corrected chi connectivity index (χ2v) is 7.29. The van der Waals surface area contributed by atoms with E-state index in [2.05, 4.69) is 15.4 Å². The zero-order chi connectivity index (χ0) is 21.1. The highest BCUT2D eigenvalue weighted by molar-refractivity contribution is 7.12. The van der Waals surface area contributed by atoms with Gasteiger partial charge in [0.05, 0.1) is 22.3 Å². The number of benzene rings is 1. The van der Waals surface area contributed by atoms with Crippen molar-refractivity contribution in [3.8, 4) is 11.3 Å². The molecule has 4 aromatic rings. The lowest BCUT2D eigenvalue weighted by Crippen LogP contribution is -2.19. The van der Waals surface area contributed by atoms with Crippen LogP contribution in [0.15, 0.2) is 60.2 Å². The van der Waals surface area contributed by atoms with E-state index in [1.807, 2.05) is 17.5 Å².